The highest BCUT2D eigenvalue weighted by molar-refractivity contribution is 8.00. The predicted molar refractivity (Wildman–Crippen MR) is 107 cm³/mol. The molecule has 28 heavy (non-hydrogen) atoms. The van der Waals surface area contributed by atoms with Gasteiger partial charge in [0.1, 0.15) is 5.76 Å². The summed E-state index contributed by atoms with van der Waals surface area (Å²) in [5.41, 5.74) is 2.76. The summed E-state index contributed by atoms with van der Waals surface area (Å²) < 4.78 is 9.48. The summed E-state index contributed by atoms with van der Waals surface area (Å²) in [6, 6.07) is 6.15. The number of aromatic nitrogens is 5. The Labute approximate surface area is 168 Å². The molecular weight excluding hydrogens is 374 g/mol. The van der Waals surface area contributed by atoms with Crippen molar-refractivity contribution < 1.29 is 9.21 Å². The first kappa shape index (κ1) is 19.0. The van der Waals surface area contributed by atoms with Gasteiger partial charge in [0, 0.05) is 17.0 Å². The van der Waals surface area contributed by atoms with Crippen LogP contribution in [0.4, 0.5) is 0 Å². The summed E-state index contributed by atoms with van der Waals surface area (Å²) in [6.07, 6.45) is 6.31. The van der Waals surface area contributed by atoms with Crippen molar-refractivity contribution in [1.29, 1.82) is 0 Å². The number of rotatable bonds is 7. The van der Waals surface area contributed by atoms with E-state index in [1.807, 2.05) is 43.7 Å². The van der Waals surface area contributed by atoms with E-state index < -0.39 is 0 Å². The number of thioether (sulfide) groups is 1. The molecule has 148 valence electrons. The molecule has 0 N–H and O–H groups in total. The second-order valence-corrected chi connectivity index (χ2v) is 8.73. The number of nitrogens with zero attached hydrogens (tertiary/aromatic N) is 5. The predicted octanol–water partition coefficient (Wildman–Crippen LogP) is 4.21. The van der Waals surface area contributed by atoms with Crippen molar-refractivity contribution in [1.82, 2.24) is 24.8 Å². The molecule has 3 aromatic heterocycles. The zero-order valence-electron chi connectivity index (χ0n) is 16.5. The van der Waals surface area contributed by atoms with Crippen LogP contribution in [-0.2, 0) is 6.54 Å². The summed E-state index contributed by atoms with van der Waals surface area (Å²) in [5.74, 6) is 0.976. The third kappa shape index (κ3) is 3.65. The molecule has 7 nitrogen and oxygen atoms in total. The third-order valence-electron chi connectivity index (χ3n) is 5.52. The Morgan fingerprint density at radius 3 is 2.86 bits per heavy atom. The number of carbonyl (C=O) groups is 1. The van der Waals surface area contributed by atoms with Crippen molar-refractivity contribution in [3.63, 3.8) is 0 Å². The van der Waals surface area contributed by atoms with Crippen LogP contribution in [0, 0.1) is 13.8 Å². The molecule has 0 bridgehead atoms. The highest BCUT2D eigenvalue weighted by atomic mass is 32.2. The Balaban J connectivity index is 1.51. The maximum absolute atomic E-state index is 13.2. The molecule has 8 heteroatoms. The van der Waals surface area contributed by atoms with Gasteiger partial charge in [-0.2, -0.15) is 0 Å². The van der Waals surface area contributed by atoms with Crippen LogP contribution < -0.4 is 0 Å². The summed E-state index contributed by atoms with van der Waals surface area (Å²) in [5, 5.41) is 12.7. The molecule has 1 aliphatic carbocycles. The minimum Gasteiger partial charge on any atom is -0.467 e. The van der Waals surface area contributed by atoms with Gasteiger partial charge in [-0.25, -0.2) is 4.68 Å². The number of hydrogen-bond acceptors (Lipinski definition) is 6. The van der Waals surface area contributed by atoms with E-state index in [4.69, 9.17) is 4.42 Å². The van der Waals surface area contributed by atoms with E-state index in [2.05, 4.69) is 20.1 Å². The molecule has 0 unspecified atom stereocenters. The number of tetrazole rings is 1. The SMILES string of the molecule is Cc1cc(C(=O)[C@@H](C)Sc2nnnn2C2CCCC2)c(C)n1Cc1ccco1. The number of furan rings is 1. The highest BCUT2D eigenvalue weighted by Gasteiger charge is 2.27. The fraction of sp³-hybridized carbons (Fsp3) is 0.500. The Kier molecular flexibility index (Phi) is 5.39. The zero-order chi connectivity index (χ0) is 19.7. The van der Waals surface area contributed by atoms with Crippen molar-refractivity contribution in [2.75, 3.05) is 0 Å². The van der Waals surface area contributed by atoms with Crippen LogP contribution in [0.15, 0.2) is 34.0 Å². The Bertz CT molecular complexity index is 954. The molecule has 4 rings (SSSR count). The molecule has 0 aromatic carbocycles. The standard InChI is InChI=1S/C20H25N5O2S/c1-13-11-18(14(2)24(13)12-17-9-6-10-27-17)19(26)15(3)28-20-21-22-23-25(20)16-7-4-5-8-16/h6,9-11,15-16H,4-5,7-8,12H2,1-3H3/t15-/m1/s1. The fourth-order valence-corrected chi connectivity index (χ4v) is 4.85. The van der Waals surface area contributed by atoms with Crippen LogP contribution in [0.1, 0.15) is 66.2 Å². The molecule has 0 saturated heterocycles. The molecule has 1 fully saturated rings. The Morgan fingerprint density at radius 1 is 1.36 bits per heavy atom. The maximum Gasteiger partial charge on any atom is 0.210 e. The Hall–Kier alpha value is -2.35. The van der Waals surface area contributed by atoms with Crippen LogP contribution >= 0.6 is 11.8 Å². The fourth-order valence-electron chi connectivity index (χ4n) is 3.92. The van der Waals surface area contributed by atoms with E-state index in [9.17, 15) is 4.79 Å². The molecule has 0 aliphatic heterocycles. The molecule has 3 heterocycles. The van der Waals surface area contributed by atoms with Crippen molar-refractivity contribution >= 4 is 17.5 Å². The highest BCUT2D eigenvalue weighted by Crippen LogP contribution is 2.33. The third-order valence-corrected chi connectivity index (χ3v) is 6.56. The number of aryl methyl sites for hydroxylation is 1. The van der Waals surface area contributed by atoms with Gasteiger partial charge in [-0.1, -0.05) is 24.6 Å². The molecule has 1 atom stereocenters. The second-order valence-electron chi connectivity index (χ2n) is 7.42. The van der Waals surface area contributed by atoms with Gasteiger partial charge in [0.05, 0.1) is 24.1 Å². The molecule has 0 amide bonds. The van der Waals surface area contributed by atoms with E-state index in [1.165, 1.54) is 24.6 Å². The minimum atomic E-state index is -0.260. The molecule has 3 aromatic rings. The minimum absolute atomic E-state index is 0.102. The van der Waals surface area contributed by atoms with E-state index in [0.29, 0.717) is 12.6 Å². The van der Waals surface area contributed by atoms with E-state index in [-0.39, 0.29) is 11.0 Å². The quantitative estimate of drug-likeness (QED) is 0.437. The Morgan fingerprint density at radius 2 is 2.14 bits per heavy atom. The van der Waals surface area contributed by atoms with Crippen molar-refractivity contribution in [3.05, 3.63) is 47.2 Å². The summed E-state index contributed by atoms with van der Waals surface area (Å²) in [7, 11) is 0. The van der Waals surface area contributed by atoms with E-state index in [1.54, 1.807) is 6.26 Å². The van der Waals surface area contributed by atoms with Crippen LogP contribution in [0.2, 0.25) is 0 Å². The number of Topliss-reactive ketones (excluding diaryl/α,β-unsaturated/α-hetero) is 1. The van der Waals surface area contributed by atoms with Gasteiger partial charge in [-0.3, -0.25) is 4.79 Å². The lowest BCUT2D eigenvalue weighted by Crippen LogP contribution is -2.17. The van der Waals surface area contributed by atoms with E-state index in [0.717, 1.165) is 40.7 Å². The first-order valence-corrected chi connectivity index (χ1v) is 10.6. The average molecular weight is 400 g/mol. The molecule has 0 spiro atoms. The van der Waals surface area contributed by atoms with Gasteiger partial charge >= 0.3 is 0 Å². The smallest absolute Gasteiger partial charge is 0.210 e. The molecule has 0 radical (unpaired) electrons. The lowest BCUT2D eigenvalue weighted by molar-refractivity contribution is 0.0993. The van der Waals surface area contributed by atoms with Crippen LogP contribution in [0.5, 0.6) is 0 Å². The summed E-state index contributed by atoms with van der Waals surface area (Å²) in [6.45, 7) is 6.56. The van der Waals surface area contributed by atoms with Gasteiger partial charge in [0.15, 0.2) is 5.78 Å². The van der Waals surface area contributed by atoms with Crippen LogP contribution in [-0.4, -0.2) is 35.8 Å². The second kappa shape index (κ2) is 7.95. The number of carbonyl (C=O) groups excluding carboxylic acids is 1. The van der Waals surface area contributed by atoms with Crippen LogP contribution in [0.3, 0.4) is 0 Å². The largest absolute Gasteiger partial charge is 0.467 e. The van der Waals surface area contributed by atoms with E-state index >= 15 is 0 Å². The van der Waals surface area contributed by atoms with Gasteiger partial charge in [0.2, 0.25) is 5.16 Å². The molecule has 1 saturated carbocycles. The lowest BCUT2D eigenvalue weighted by Gasteiger charge is -2.14. The van der Waals surface area contributed by atoms with Gasteiger partial charge in [-0.05, 0) is 62.2 Å². The van der Waals surface area contributed by atoms with Crippen molar-refractivity contribution in [3.8, 4) is 0 Å². The summed E-state index contributed by atoms with van der Waals surface area (Å²) >= 11 is 1.45. The van der Waals surface area contributed by atoms with Crippen LogP contribution in [0.25, 0.3) is 0 Å². The molecular formula is C20H25N5O2S. The average Bonchev–Trinajstić information content (AvgIpc) is 3.46. The first-order valence-electron chi connectivity index (χ1n) is 9.72. The zero-order valence-corrected chi connectivity index (χ0v) is 17.3. The molecule has 1 aliphatic rings. The van der Waals surface area contributed by atoms with Gasteiger partial charge in [0.25, 0.3) is 0 Å². The monoisotopic (exact) mass is 399 g/mol. The normalized spacial score (nSPS) is 16.0. The topological polar surface area (TPSA) is 78.7 Å². The number of hydrogen-bond donors (Lipinski definition) is 0. The first-order chi connectivity index (χ1) is 13.5. The van der Waals surface area contributed by atoms with Crippen molar-refractivity contribution in [2.45, 2.75) is 69.4 Å². The lowest BCUT2D eigenvalue weighted by atomic mass is 10.1. The summed E-state index contributed by atoms with van der Waals surface area (Å²) in [4.78, 5) is 13.2. The maximum atomic E-state index is 13.2. The number of ketones is 1. The van der Waals surface area contributed by atoms with Gasteiger partial charge < -0.3 is 8.98 Å². The van der Waals surface area contributed by atoms with Gasteiger partial charge in [-0.15, -0.1) is 5.10 Å². The van der Waals surface area contributed by atoms with Crippen molar-refractivity contribution in [2.24, 2.45) is 0 Å².